The van der Waals surface area contributed by atoms with Crippen molar-refractivity contribution in [3.8, 4) is 89.7 Å². The molecule has 0 fully saturated rings. The fourth-order valence-electron chi connectivity index (χ4n) is 8.23. The third-order valence-corrected chi connectivity index (χ3v) is 11.4. The van der Waals surface area contributed by atoms with Crippen LogP contribution in [0, 0.1) is 0 Å². The van der Waals surface area contributed by atoms with Gasteiger partial charge in [-0.15, -0.1) is 0 Å². The Bertz CT molecular complexity index is 4070. The molecule has 316 valence electrons. The zero-order valence-corrected chi connectivity index (χ0v) is 35.4. The molecule has 0 atom stereocenters. The lowest BCUT2D eigenvalue weighted by molar-refractivity contribution is 0.477. The number of phenolic OH excluding ortho intramolecular Hbond substituents is 1. The smallest absolute Gasteiger partial charge is 0.149 e. The average Bonchev–Trinajstić information content (AvgIpc) is 3.99. The molecule has 10 aromatic rings. The molecule has 0 amide bonds. The SMILES string of the molecule is [2H]c1nc(-c2cc(-c3ccccc3)cc(-c3cccc4c3nc(-c3ccccc3O)n4-c3cc(-c4ccccc4)c(C([2H])(C)C)cc3-c3ccccc3)c2)c([2H])c(-c2c([2H])c([2H])c(C(C([2H])([2H])[2H])(C([2H])([2H])[2H])C([2H])([2H])[2H])c([2H])c2[2H])c1[2H]. The molecule has 10 rings (SSSR count). The van der Waals surface area contributed by atoms with Crippen LogP contribution in [0.2, 0.25) is 0 Å². The summed E-state index contributed by atoms with van der Waals surface area (Å²) in [5.41, 5.74) is 1.85. The van der Waals surface area contributed by atoms with E-state index in [4.69, 9.17) is 22.8 Å². The monoisotopic (exact) mass is 859 g/mol. The highest BCUT2D eigenvalue weighted by Gasteiger charge is 2.25. The number of benzene rings is 8. The van der Waals surface area contributed by atoms with Crippen LogP contribution in [0.1, 0.15) is 74.7 Å². The van der Waals surface area contributed by atoms with Crippen LogP contribution in [0.4, 0.5) is 0 Å². The number of aromatic hydroxyl groups is 1. The van der Waals surface area contributed by atoms with Gasteiger partial charge in [0.1, 0.15) is 11.6 Å². The first kappa shape index (κ1) is 26.1. The molecule has 65 heavy (non-hydrogen) atoms. The molecule has 2 aromatic heterocycles. The Morgan fingerprint density at radius 1 is 0.554 bits per heavy atom. The van der Waals surface area contributed by atoms with Crippen LogP contribution in [0.5, 0.6) is 5.75 Å². The van der Waals surface area contributed by atoms with Gasteiger partial charge in [0.25, 0.3) is 0 Å². The van der Waals surface area contributed by atoms with Crippen LogP contribution in [0.3, 0.4) is 0 Å². The molecule has 0 spiro atoms. The summed E-state index contributed by atoms with van der Waals surface area (Å²) in [6.45, 7) is -8.12. The quantitative estimate of drug-likeness (QED) is 0.157. The lowest BCUT2D eigenvalue weighted by Crippen LogP contribution is -2.10. The summed E-state index contributed by atoms with van der Waals surface area (Å²) in [6.07, 6.45) is -0.757. The molecule has 0 aliphatic rings. The van der Waals surface area contributed by atoms with Gasteiger partial charge in [-0.25, -0.2) is 4.98 Å². The van der Waals surface area contributed by atoms with Crippen molar-refractivity contribution in [2.45, 2.75) is 45.7 Å². The van der Waals surface area contributed by atoms with Crippen molar-refractivity contribution in [2.75, 3.05) is 0 Å². The molecule has 2 heterocycles. The van der Waals surface area contributed by atoms with Gasteiger partial charge in [0.15, 0.2) is 0 Å². The van der Waals surface area contributed by atoms with Gasteiger partial charge in [-0.3, -0.25) is 9.55 Å². The van der Waals surface area contributed by atoms with E-state index in [0.29, 0.717) is 50.4 Å². The first-order valence-electron chi connectivity index (χ1n) is 29.5. The van der Waals surface area contributed by atoms with Crippen molar-refractivity contribution >= 4 is 11.0 Å². The number of nitrogens with zero attached hydrogens (tertiary/aromatic N) is 3. The third-order valence-electron chi connectivity index (χ3n) is 11.4. The van der Waals surface area contributed by atoms with E-state index in [2.05, 4.69) is 11.1 Å². The Morgan fingerprint density at radius 2 is 1.17 bits per heavy atom. The molecule has 4 heteroatoms. The van der Waals surface area contributed by atoms with E-state index in [-0.39, 0.29) is 17.0 Å². The van der Waals surface area contributed by atoms with Crippen LogP contribution in [0.25, 0.3) is 95.0 Å². The molecule has 0 unspecified atom stereocenters. The van der Waals surface area contributed by atoms with Crippen molar-refractivity contribution in [1.29, 1.82) is 0 Å². The highest BCUT2D eigenvalue weighted by molar-refractivity contribution is 5.99. The summed E-state index contributed by atoms with van der Waals surface area (Å²) >= 11 is 0. The largest absolute Gasteiger partial charge is 0.507 e. The average molecular weight is 859 g/mol. The number of hydrogen-bond acceptors (Lipinski definition) is 3. The summed E-state index contributed by atoms with van der Waals surface area (Å²) in [5.74, 6) is -0.725. The third kappa shape index (κ3) is 8.04. The molecule has 0 saturated carbocycles. The van der Waals surface area contributed by atoms with Crippen LogP contribution in [-0.4, -0.2) is 19.6 Å². The maximum absolute atomic E-state index is 11.7. The number of pyridine rings is 1. The number of phenols is 1. The van der Waals surface area contributed by atoms with Crippen molar-refractivity contribution < 1.29 is 28.4 Å². The fraction of sp³-hybridized carbons (Fsp3) is 0.115. The minimum atomic E-state index is -3.94. The predicted octanol–water partition coefficient (Wildman–Crippen LogP) is 16.2. The van der Waals surface area contributed by atoms with Crippen molar-refractivity contribution in [3.63, 3.8) is 0 Å². The minimum absolute atomic E-state index is 0.0427. The highest BCUT2D eigenvalue weighted by Crippen LogP contribution is 2.44. The number of para-hydroxylation sites is 2. The molecule has 0 saturated heterocycles. The minimum Gasteiger partial charge on any atom is -0.507 e. The summed E-state index contributed by atoms with van der Waals surface area (Å²) in [7, 11) is 0. The Hall–Kier alpha value is -7.82. The molecule has 0 aliphatic heterocycles. The Kier molecular flexibility index (Phi) is 6.84. The maximum atomic E-state index is 11.7. The zero-order valence-electron chi connectivity index (χ0n) is 52.4. The van der Waals surface area contributed by atoms with E-state index >= 15 is 0 Å². The number of rotatable bonds is 9. The number of hydrogen-bond donors (Lipinski definition) is 1. The van der Waals surface area contributed by atoms with Crippen LogP contribution in [-0.2, 0) is 5.41 Å². The topological polar surface area (TPSA) is 50.9 Å². The normalized spacial score (nSPS) is 16.2. The maximum Gasteiger partial charge on any atom is 0.149 e. The zero-order chi connectivity index (χ0) is 59.2. The molecule has 0 radical (unpaired) electrons. The van der Waals surface area contributed by atoms with Crippen molar-refractivity contribution in [2.24, 2.45) is 0 Å². The molecule has 4 nitrogen and oxygen atoms in total. The fourth-order valence-corrected chi connectivity index (χ4v) is 8.23. The van der Waals surface area contributed by atoms with Crippen molar-refractivity contribution in [3.05, 3.63) is 217 Å². The van der Waals surface area contributed by atoms with Gasteiger partial charge in [-0.2, -0.15) is 0 Å². The van der Waals surface area contributed by atoms with E-state index in [0.717, 1.165) is 27.8 Å². The van der Waals surface area contributed by atoms with Crippen LogP contribution in [0.15, 0.2) is 206 Å². The Morgan fingerprint density at radius 3 is 1.85 bits per heavy atom. The van der Waals surface area contributed by atoms with Crippen LogP contribution >= 0.6 is 0 Å². The first-order valence-corrected chi connectivity index (χ1v) is 21.0. The summed E-state index contributed by atoms with van der Waals surface area (Å²) < 4.78 is 150. The van der Waals surface area contributed by atoms with Gasteiger partial charge in [-0.05, 0) is 128 Å². The number of imidazole rings is 1. The molecular weight excluding hydrogens is 791 g/mol. The highest BCUT2D eigenvalue weighted by atomic mass is 16.3. The molecular formula is C61H51N3O. The Balaban J connectivity index is 1.26. The van der Waals surface area contributed by atoms with E-state index in [1.54, 1.807) is 36.4 Å². The molecule has 1 N–H and O–H groups in total. The van der Waals surface area contributed by atoms with Gasteiger partial charge >= 0.3 is 0 Å². The lowest BCUT2D eigenvalue weighted by atomic mass is 9.86. The predicted molar refractivity (Wildman–Crippen MR) is 271 cm³/mol. The van der Waals surface area contributed by atoms with Gasteiger partial charge in [0.2, 0.25) is 0 Å². The molecule has 8 aromatic carbocycles. The molecule has 0 aliphatic carbocycles. The molecule has 0 bridgehead atoms. The van der Waals surface area contributed by atoms with Crippen LogP contribution < -0.4 is 0 Å². The number of aromatic nitrogens is 3. The number of fused-ring (bicyclic) bond motifs is 1. The summed E-state index contributed by atoms with van der Waals surface area (Å²) in [5, 5.41) is 11.7. The van der Waals surface area contributed by atoms with E-state index in [1.165, 1.54) is 0 Å². The second kappa shape index (κ2) is 17.0. The van der Waals surface area contributed by atoms with Gasteiger partial charge in [-0.1, -0.05) is 174 Å². The van der Waals surface area contributed by atoms with Gasteiger partial charge in [0.05, 0.1) is 37.6 Å². The lowest BCUT2D eigenvalue weighted by Gasteiger charge is -2.22. The summed E-state index contributed by atoms with van der Waals surface area (Å²) in [6, 6.07) is 44.3. The van der Waals surface area contributed by atoms with Gasteiger partial charge < -0.3 is 5.11 Å². The Labute approximate surface area is 406 Å². The van der Waals surface area contributed by atoms with E-state index in [9.17, 15) is 10.6 Å². The van der Waals surface area contributed by atoms with Crippen molar-refractivity contribution in [1.82, 2.24) is 14.5 Å². The standard InChI is InChI=1S/C61H51N3O/c1-40(2)52-38-54(44-22-13-8-14-23-44)57(39-53(52)43-20-11-7-12-21-43)64-56-26-17-25-50(59(56)63-60(64)51-24-15-16-27-58(51)65)47-34-46(41-18-9-6-10-19-41)35-48(36-47)55-37-45(32-33-62-55)42-28-30-49(31-29-42)61(3,4)5/h6-40,65H,1-5H3/i3D3,4D3,5D3,28D,29D,30D,31D,32D,33D,37D,40D. The van der Waals surface area contributed by atoms with Gasteiger partial charge in [0, 0.05) is 36.6 Å². The van der Waals surface area contributed by atoms with E-state index in [1.807, 2.05) is 140 Å². The second-order valence-corrected chi connectivity index (χ2v) is 16.0. The van der Waals surface area contributed by atoms with E-state index < -0.39 is 91.0 Å². The second-order valence-electron chi connectivity index (χ2n) is 16.0. The first-order chi connectivity index (χ1) is 38.6. The summed E-state index contributed by atoms with van der Waals surface area (Å²) in [4.78, 5) is 9.80.